The summed E-state index contributed by atoms with van der Waals surface area (Å²) in [5.41, 5.74) is -0.106. The van der Waals surface area contributed by atoms with Crippen molar-refractivity contribution in [1.82, 2.24) is 19.8 Å². The maximum atomic E-state index is 11.5. The molecule has 1 atom stereocenters. The van der Waals surface area contributed by atoms with E-state index in [-0.39, 0.29) is 5.56 Å². The van der Waals surface area contributed by atoms with Crippen LogP contribution in [0.2, 0.25) is 0 Å². The van der Waals surface area contributed by atoms with Gasteiger partial charge in [0.25, 0.3) is 5.56 Å². The van der Waals surface area contributed by atoms with Crippen molar-refractivity contribution in [3.8, 4) is 0 Å². The molecule has 0 spiro atoms. The van der Waals surface area contributed by atoms with Crippen LogP contribution in [-0.2, 0) is 0 Å². The molecule has 0 bridgehead atoms. The molecular formula is C15H27N5O. The summed E-state index contributed by atoms with van der Waals surface area (Å²) in [6.07, 6.45) is 0. The minimum atomic E-state index is -0.106. The molecule has 2 heterocycles. The molecule has 1 aliphatic heterocycles. The van der Waals surface area contributed by atoms with E-state index in [2.05, 4.69) is 46.0 Å². The molecule has 0 aromatic carbocycles. The molecule has 1 aliphatic rings. The summed E-state index contributed by atoms with van der Waals surface area (Å²) in [4.78, 5) is 23.4. The molecule has 2 rings (SSSR count). The van der Waals surface area contributed by atoms with E-state index in [4.69, 9.17) is 0 Å². The normalized spacial score (nSPS) is 18.9. The second-order valence-electron chi connectivity index (χ2n) is 6.25. The van der Waals surface area contributed by atoms with Gasteiger partial charge in [-0.2, -0.15) is 0 Å². The number of aromatic nitrogens is 2. The number of aromatic amines is 1. The number of likely N-dealkylation sites (N-methyl/N-ethyl adjacent to an activating group) is 1. The Morgan fingerprint density at radius 2 is 2.00 bits per heavy atom. The Hall–Kier alpha value is -1.40. The monoisotopic (exact) mass is 293 g/mol. The van der Waals surface area contributed by atoms with Crippen molar-refractivity contribution in [2.24, 2.45) is 5.92 Å². The molecule has 0 amide bonds. The fourth-order valence-corrected chi connectivity index (χ4v) is 2.82. The van der Waals surface area contributed by atoms with E-state index in [1.54, 1.807) is 6.92 Å². The van der Waals surface area contributed by atoms with Crippen LogP contribution in [-0.4, -0.2) is 65.6 Å². The van der Waals surface area contributed by atoms with Crippen LogP contribution >= 0.6 is 0 Å². The highest BCUT2D eigenvalue weighted by molar-refractivity contribution is 5.33. The predicted octanol–water partition coefficient (Wildman–Crippen LogP) is 0.762. The standard InChI is InChI=1S/C15H27N5O/c1-11(2)13(20-7-5-19(4)6-8-20)10-16-14-9-15(21)18-12(3)17-14/h9,11,13H,5-8,10H2,1-4H3,(H2,16,17,18,21). The van der Waals surface area contributed by atoms with Gasteiger partial charge in [-0.05, 0) is 19.9 Å². The van der Waals surface area contributed by atoms with Gasteiger partial charge in [-0.1, -0.05) is 13.8 Å². The van der Waals surface area contributed by atoms with Crippen LogP contribution in [0.15, 0.2) is 10.9 Å². The molecular weight excluding hydrogens is 266 g/mol. The van der Waals surface area contributed by atoms with Crippen molar-refractivity contribution >= 4 is 5.82 Å². The number of hydrogen-bond acceptors (Lipinski definition) is 5. The van der Waals surface area contributed by atoms with E-state index in [9.17, 15) is 4.79 Å². The smallest absolute Gasteiger partial charge is 0.252 e. The van der Waals surface area contributed by atoms with Gasteiger partial charge < -0.3 is 15.2 Å². The second-order valence-corrected chi connectivity index (χ2v) is 6.25. The van der Waals surface area contributed by atoms with Gasteiger partial charge in [0.1, 0.15) is 11.6 Å². The first kappa shape index (κ1) is 16.0. The van der Waals surface area contributed by atoms with Gasteiger partial charge in [-0.3, -0.25) is 9.69 Å². The molecule has 1 fully saturated rings. The Morgan fingerprint density at radius 3 is 2.57 bits per heavy atom. The summed E-state index contributed by atoms with van der Waals surface area (Å²) in [7, 11) is 2.17. The fourth-order valence-electron chi connectivity index (χ4n) is 2.82. The number of rotatable bonds is 5. The first-order valence-electron chi connectivity index (χ1n) is 7.70. The van der Waals surface area contributed by atoms with Crippen molar-refractivity contribution in [1.29, 1.82) is 0 Å². The van der Waals surface area contributed by atoms with Crippen molar-refractivity contribution < 1.29 is 0 Å². The lowest BCUT2D eigenvalue weighted by molar-refractivity contribution is 0.0944. The highest BCUT2D eigenvalue weighted by Crippen LogP contribution is 2.14. The number of hydrogen-bond donors (Lipinski definition) is 2. The first-order valence-corrected chi connectivity index (χ1v) is 7.70. The van der Waals surface area contributed by atoms with Crippen LogP contribution in [0.3, 0.4) is 0 Å². The van der Waals surface area contributed by atoms with Gasteiger partial charge in [0.2, 0.25) is 0 Å². The zero-order valence-electron chi connectivity index (χ0n) is 13.5. The van der Waals surface area contributed by atoms with Crippen molar-refractivity contribution in [2.75, 3.05) is 45.1 Å². The molecule has 118 valence electrons. The lowest BCUT2D eigenvalue weighted by Crippen LogP contribution is -2.52. The molecule has 0 aliphatic carbocycles. The molecule has 0 radical (unpaired) electrons. The molecule has 1 saturated heterocycles. The molecule has 1 aromatic heterocycles. The van der Waals surface area contributed by atoms with Crippen LogP contribution in [0.4, 0.5) is 5.82 Å². The fraction of sp³-hybridized carbons (Fsp3) is 0.733. The van der Waals surface area contributed by atoms with E-state index >= 15 is 0 Å². The largest absolute Gasteiger partial charge is 0.368 e. The summed E-state index contributed by atoms with van der Waals surface area (Å²) in [6.45, 7) is 11.6. The molecule has 21 heavy (non-hydrogen) atoms. The molecule has 1 aromatic rings. The highest BCUT2D eigenvalue weighted by Gasteiger charge is 2.24. The van der Waals surface area contributed by atoms with Crippen LogP contribution < -0.4 is 10.9 Å². The van der Waals surface area contributed by atoms with Gasteiger partial charge >= 0.3 is 0 Å². The topological polar surface area (TPSA) is 64.3 Å². The Balaban J connectivity index is 1.98. The highest BCUT2D eigenvalue weighted by atomic mass is 16.1. The zero-order valence-corrected chi connectivity index (χ0v) is 13.5. The molecule has 6 nitrogen and oxygen atoms in total. The maximum Gasteiger partial charge on any atom is 0.252 e. The molecule has 1 unspecified atom stereocenters. The summed E-state index contributed by atoms with van der Waals surface area (Å²) >= 11 is 0. The van der Waals surface area contributed by atoms with Crippen LogP contribution in [0.5, 0.6) is 0 Å². The number of nitrogens with zero attached hydrogens (tertiary/aromatic N) is 3. The molecule has 0 saturated carbocycles. The van der Waals surface area contributed by atoms with Crippen molar-refractivity contribution in [2.45, 2.75) is 26.8 Å². The third-order valence-corrected chi connectivity index (χ3v) is 4.13. The van der Waals surface area contributed by atoms with Gasteiger partial charge in [0, 0.05) is 44.8 Å². The Kier molecular flexibility index (Phi) is 5.36. The second kappa shape index (κ2) is 7.04. The number of aryl methyl sites for hydroxylation is 1. The Labute approximate surface area is 126 Å². The predicted molar refractivity (Wildman–Crippen MR) is 85.8 cm³/mol. The molecule has 2 N–H and O–H groups in total. The quantitative estimate of drug-likeness (QED) is 0.839. The lowest BCUT2D eigenvalue weighted by Gasteiger charge is -2.40. The Bertz CT molecular complexity index is 505. The van der Waals surface area contributed by atoms with Crippen LogP contribution in [0.25, 0.3) is 0 Å². The summed E-state index contributed by atoms with van der Waals surface area (Å²) in [5, 5.41) is 3.33. The van der Waals surface area contributed by atoms with E-state index in [1.807, 2.05) is 0 Å². The van der Waals surface area contributed by atoms with E-state index in [0.29, 0.717) is 23.6 Å². The average molecular weight is 293 g/mol. The van der Waals surface area contributed by atoms with Gasteiger partial charge in [-0.25, -0.2) is 4.98 Å². The first-order chi connectivity index (χ1) is 9.95. The average Bonchev–Trinajstić information content (AvgIpc) is 2.39. The minimum Gasteiger partial charge on any atom is -0.368 e. The van der Waals surface area contributed by atoms with E-state index in [1.165, 1.54) is 6.07 Å². The van der Waals surface area contributed by atoms with E-state index < -0.39 is 0 Å². The number of anilines is 1. The maximum absolute atomic E-state index is 11.5. The summed E-state index contributed by atoms with van der Waals surface area (Å²) in [5.74, 6) is 1.87. The van der Waals surface area contributed by atoms with Gasteiger partial charge in [-0.15, -0.1) is 0 Å². The van der Waals surface area contributed by atoms with Crippen molar-refractivity contribution in [3.63, 3.8) is 0 Å². The summed E-state index contributed by atoms with van der Waals surface area (Å²) in [6, 6.07) is 1.98. The lowest BCUT2D eigenvalue weighted by atomic mass is 10.0. The Morgan fingerprint density at radius 1 is 1.33 bits per heavy atom. The third-order valence-electron chi connectivity index (χ3n) is 4.13. The van der Waals surface area contributed by atoms with Crippen LogP contribution in [0, 0.1) is 12.8 Å². The summed E-state index contributed by atoms with van der Waals surface area (Å²) < 4.78 is 0. The molecule has 6 heteroatoms. The number of piperazine rings is 1. The number of H-pyrrole nitrogens is 1. The van der Waals surface area contributed by atoms with Crippen molar-refractivity contribution in [3.05, 3.63) is 22.2 Å². The van der Waals surface area contributed by atoms with E-state index in [0.717, 1.165) is 32.7 Å². The van der Waals surface area contributed by atoms with Gasteiger partial charge in [0.05, 0.1) is 0 Å². The zero-order chi connectivity index (χ0) is 15.4. The van der Waals surface area contributed by atoms with Crippen LogP contribution in [0.1, 0.15) is 19.7 Å². The third kappa shape index (κ3) is 4.54. The van der Waals surface area contributed by atoms with Gasteiger partial charge in [0.15, 0.2) is 0 Å². The number of nitrogens with one attached hydrogen (secondary N) is 2. The minimum absolute atomic E-state index is 0.106. The SMILES string of the molecule is Cc1nc(NCC(C(C)C)N2CCN(C)CC2)cc(=O)[nH]1.